The Morgan fingerprint density at radius 2 is 1.12 bits per heavy atom. The van der Waals surface area contributed by atoms with E-state index in [1.807, 2.05) is 0 Å². The molecule has 0 aliphatic carbocycles. The minimum absolute atomic E-state index is 0.416. The molecule has 0 N–H and O–H groups in total. The molecule has 0 unspecified atom stereocenters. The van der Waals surface area contributed by atoms with Crippen LogP contribution in [0.2, 0.25) is 36.3 Å². The van der Waals surface area contributed by atoms with Gasteiger partial charge in [-0.05, 0) is 36.3 Å². The molecule has 0 aliphatic heterocycles. The third kappa shape index (κ3) is 5.47. The highest BCUT2D eigenvalue weighted by molar-refractivity contribution is 9.24. The molecule has 0 saturated carbocycles. The molecular formula is C12H28Br2OSi2. The first-order valence-corrected chi connectivity index (χ1v) is 13.8. The Kier molecular flexibility index (Phi) is 9.19. The molecular weight excluding hydrogens is 376 g/mol. The SMILES string of the molecule is CC[Si](CC)(CC)O[Si](CC)(CC)CC(Br)Br. The molecule has 0 saturated heterocycles. The van der Waals surface area contributed by atoms with Gasteiger partial charge in [0.05, 0.1) is 3.74 Å². The molecule has 0 atom stereocenters. The van der Waals surface area contributed by atoms with Crippen LogP contribution in [0.4, 0.5) is 0 Å². The summed E-state index contributed by atoms with van der Waals surface area (Å²) in [5.74, 6) is 0. The molecule has 0 aromatic carbocycles. The Labute approximate surface area is 127 Å². The molecule has 0 rings (SSSR count). The van der Waals surface area contributed by atoms with Gasteiger partial charge in [0, 0.05) is 0 Å². The van der Waals surface area contributed by atoms with Crippen LogP contribution in [0, 0.1) is 0 Å². The predicted octanol–water partition coefficient (Wildman–Crippen LogP) is 6.11. The lowest BCUT2D eigenvalue weighted by Crippen LogP contribution is -2.50. The first-order valence-electron chi connectivity index (χ1n) is 6.91. The van der Waals surface area contributed by atoms with Crippen molar-refractivity contribution in [3.63, 3.8) is 0 Å². The van der Waals surface area contributed by atoms with Crippen LogP contribution in [0.15, 0.2) is 0 Å². The topological polar surface area (TPSA) is 9.23 Å². The van der Waals surface area contributed by atoms with E-state index in [0.29, 0.717) is 3.74 Å². The number of alkyl halides is 2. The van der Waals surface area contributed by atoms with Crippen LogP contribution >= 0.6 is 31.9 Å². The normalized spacial score (nSPS) is 13.4. The summed E-state index contributed by atoms with van der Waals surface area (Å²) in [7, 11) is -2.98. The largest absolute Gasteiger partial charge is 0.455 e. The highest BCUT2D eigenvalue weighted by Crippen LogP contribution is 2.35. The van der Waals surface area contributed by atoms with Gasteiger partial charge in [0.15, 0.2) is 16.6 Å². The second kappa shape index (κ2) is 8.51. The summed E-state index contributed by atoms with van der Waals surface area (Å²) in [6, 6.07) is 7.48. The zero-order valence-corrected chi connectivity index (χ0v) is 17.2. The van der Waals surface area contributed by atoms with Gasteiger partial charge in [-0.3, -0.25) is 0 Å². The molecule has 17 heavy (non-hydrogen) atoms. The molecule has 0 aliphatic rings. The van der Waals surface area contributed by atoms with Gasteiger partial charge in [-0.25, -0.2) is 0 Å². The minimum atomic E-state index is -1.54. The average Bonchev–Trinajstić information content (AvgIpc) is 2.34. The Hall–Kier alpha value is 1.35. The van der Waals surface area contributed by atoms with E-state index in [1.165, 1.54) is 36.3 Å². The van der Waals surface area contributed by atoms with Gasteiger partial charge >= 0.3 is 0 Å². The predicted molar refractivity (Wildman–Crippen MR) is 91.4 cm³/mol. The summed E-state index contributed by atoms with van der Waals surface area (Å²) < 4.78 is 7.32. The van der Waals surface area contributed by atoms with E-state index in [2.05, 4.69) is 66.5 Å². The fourth-order valence-corrected chi connectivity index (χ4v) is 16.0. The molecule has 0 aromatic heterocycles. The molecule has 0 spiro atoms. The summed E-state index contributed by atoms with van der Waals surface area (Å²) in [5, 5.41) is 0. The highest BCUT2D eigenvalue weighted by atomic mass is 79.9. The smallest absolute Gasteiger partial charge is 0.181 e. The summed E-state index contributed by atoms with van der Waals surface area (Å²) >= 11 is 7.30. The first kappa shape index (κ1) is 18.4. The molecule has 5 heteroatoms. The maximum Gasteiger partial charge on any atom is 0.181 e. The van der Waals surface area contributed by atoms with E-state index in [4.69, 9.17) is 4.12 Å². The standard InChI is InChI=1S/C12H28Br2OSi2/c1-6-16(7-2,8-3)15-17(9-4,10-5)11-12(13)14/h12H,6-11H2,1-5H3. The molecule has 104 valence electrons. The van der Waals surface area contributed by atoms with E-state index in [1.54, 1.807) is 0 Å². The minimum Gasteiger partial charge on any atom is -0.455 e. The average molecular weight is 404 g/mol. The Bertz CT molecular complexity index is 196. The van der Waals surface area contributed by atoms with Crippen LogP contribution < -0.4 is 0 Å². The lowest BCUT2D eigenvalue weighted by atomic mass is 10.9. The lowest BCUT2D eigenvalue weighted by Gasteiger charge is -2.41. The number of hydrogen-bond donors (Lipinski definition) is 0. The zero-order chi connectivity index (χ0) is 13.5. The van der Waals surface area contributed by atoms with Gasteiger partial charge in [0.2, 0.25) is 0 Å². The monoisotopic (exact) mass is 402 g/mol. The fourth-order valence-electron chi connectivity index (χ4n) is 2.43. The number of rotatable bonds is 9. The first-order chi connectivity index (χ1) is 7.93. The van der Waals surface area contributed by atoms with E-state index in [9.17, 15) is 0 Å². The number of halogens is 2. The van der Waals surface area contributed by atoms with E-state index < -0.39 is 16.6 Å². The van der Waals surface area contributed by atoms with Crippen LogP contribution in [0.1, 0.15) is 34.6 Å². The molecule has 1 nitrogen and oxygen atoms in total. The van der Waals surface area contributed by atoms with E-state index >= 15 is 0 Å². The van der Waals surface area contributed by atoms with Crippen LogP contribution in [-0.2, 0) is 4.12 Å². The number of hydrogen-bond acceptors (Lipinski definition) is 1. The maximum absolute atomic E-state index is 6.90. The summed E-state index contributed by atoms with van der Waals surface area (Å²) in [6.07, 6.45) is 0. The zero-order valence-electron chi connectivity index (χ0n) is 12.0. The summed E-state index contributed by atoms with van der Waals surface area (Å²) in [6.45, 7) is 11.6. The third-order valence-corrected chi connectivity index (χ3v) is 17.1. The van der Waals surface area contributed by atoms with Crippen molar-refractivity contribution in [1.82, 2.24) is 0 Å². The van der Waals surface area contributed by atoms with E-state index in [-0.39, 0.29) is 0 Å². The van der Waals surface area contributed by atoms with Gasteiger partial charge in [-0.2, -0.15) is 0 Å². The van der Waals surface area contributed by atoms with Crippen molar-refractivity contribution in [2.24, 2.45) is 0 Å². The second-order valence-corrected chi connectivity index (χ2v) is 17.8. The van der Waals surface area contributed by atoms with Crippen molar-refractivity contribution >= 4 is 48.5 Å². The van der Waals surface area contributed by atoms with Gasteiger partial charge in [-0.1, -0.05) is 66.5 Å². The summed E-state index contributed by atoms with van der Waals surface area (Å²) in [4.78, 5) is 0. The maximum atomic E-state index is 6.90. The van der Waals surface area contributed by atoms with Gasteiger partial charge in [0.1, 0.15) is 0 Å². The molecule has 0 amide bonds. The van der Waals surface area contributed by atoms with E-state index in [0.717, 1.165) is 0 Å². The fraction of sp³-hybridized carbons (Fsp3) is 1.00. The Morgan fingerprint density at radius 1 is 0.765 bits per heavy atom. The van der Waals surface area contributed by atoms with Gasteiger partial charge < -0.3 is 4.12 Å². The molecule has 0 radical (unpaired) electrons. The van der Waals surface area contributed by atoms with Crippen LogP contribution in [0.3, 0.4) is 0 Å². The summed E-state index contributed by atoms with van der Waals surface area (Å²) in [5.41, 5.74) is 0. The third-order valence-electron chi connectivity index (χ3n) is 4.18. The molecule has 0 aromatic rings. The van der Waals surface area contributed by atoms with Crippen LogP contribution in [0.5, 0.6) is 0 Å². The van der Waals surface area contributed by atoms with Crippen molar-refractivity contribution < 1.29 is 4.12 Å². The molecule has 0 fully saturated rings. The molecule has 0 heterocycles. The lowest BCUT2D eigenvalue weighted by molar-refractivity contribution is 0.509. The van der Waals surface area contributed by atoms with Crippen LogP contribution in [-0.4, -0.2) is 20.4 Å². The second-order valence-electron chi connectivity index (χ2n) is 4.83. The van der Waals surface area contributed by atoms with Crippen molar-refractivity contribution in [1.29, 1.82) is 0 Å². The Balaban J connectivity index is 4.94. The van der Waals surface area contributed by atoms with Gasteiger partial charge in [0.25, 0.3) is 0 Å². The van der Waals surface area contributed by atoms with Crippen molar-refractivity contribution in [2.45, 2.75) is 74.6 Å². The van der Waals surface area contributed by atoms with Crippen molar-refractivity contribution in [2.75, 3.05) is 0 Å². The molecule has 0 bridgehead atoms. The van der Waals surface area contributed by atoms with Crippen molar-refractivity contribution in [3.05, 3.63) is 0 Å². The van der Waals surface area contributed by atoms with Crippen molar-refractivity contribution in [3.8, 4) is 0 Å². The Morgan fingerprint density at radius 3 is 1.35 bits per heavy atom. The van der Waals surface area contributed by atoms with Crippen LogP contribution in [0.25, 0.3) is 0 Å². The van der Waals surface area contributed by atoms with Gasteiger partial charge in [-0.15, -0.1) is 0 Å². The highest BCUT2D eigenvalue weighted by Gasteiger charge is 2.41. The quantitative estimate of drug-likeness (QED) is 0.333.